The zero-order chi connectivity index (χ0) is 15.5. The number of halogens is 1. The largest absolute Gasteiger partial charge is 0.375 e. The zero-order valence-corrected chi connectivity index (χ0v) is 13.6. The standard InChI is InChI=1S/C14H11ClN4OS2/c15-10-4-2-1-3-8(10)6-18-14-19-12(20)11(22-14)5-9-7-17-13(16)21-9/h1-5,7H,6H2,(H2,16,17)(H,18,19,20)/b11-5-. The first-order valence-corrected chi connectivity index (χ1v) is 8.33. The van der Waals surface area contributed by atoms with E-state index in [-0.39, 0.29) is 5.91 Å². The number of aliphatic imine (C=N–C) groups is 1. The number of anilines is 1. The summed E-state index contributed by atoms with van der Waals surface area (Å²) >= 11 is 8.71. The van der Waals surface area contributed by atoms with E-state index in [0.29, 0.717) is 26.8 Å². The van der Waals surface area contributed by atoms with E-state index < -0.39 is 0 Å². The van der Waals surface area contributed by atoms with Gasteiger partial charge in [-0.3, -0.25) is 9.79 Å². The van der Waals surface area contributed by atoms with Gasteiger partial charge in [0.2, 0.25) is 0 Å². The molecule has 2 heterocycles. The highest BCUT2D eigenvalue weighted by Crippen LogP contribution is 2.28. The number of amidine groups is 1. The van der Waals surface area contributed by atoms with E-state index in [1.165, 1.54) is 23.1 Å². The van der Waals surface area contributed by atoms with Crippen molar-refractivity contribution in [3.63, 3.8) is 0 Å². The molecule has 0 saturated carbocycles. The molecule has 0 radical (unpaired) electrons. The number of rotatable bonds is 3. The van der Waals surface area contributed by atoms with Crippen molar-refractivity contribution < 1.29 is 4.79 Å². The minimum atomic E-state index is -0.171. The summed E-state index contributed by atoms with van der Waals surface area (Å²) in [7, 11) is 0. The monoisotopic (exact) mass is 350 g/mol. The van der Waals surface area contributed by atoms with Crippen LogP contribution >= 0.6 is 34.7 Å². The van der Waals surface area contributed by atoms with Gasteiger partial charge in [-0.05, 0) is 29.5 Å². The molecule has 0 spiro atoms. The molecule has 112 valence electrons. The van der Waals surface area contributed by atoms with Crippen molar-refractivity contribution in [1.82, 2.24) is 10.3 Å². The summed E-state index contributed by atoms with van der Waals surface area (Å²) < 4.78 is 0. The predicted octanol–water partition coefficient (Wildman–Crippen LogP) is 3.14. The normalized spacial score (nSPS) is 18.1. The van der Waals surface area contributed by atoms with Crippen LogP contribution in [0.25, 0.3) is 6.08 Å². The van der Waals surface area contributed by atoms with Gasteiger partial charge in [0.1, 0.15) is 0 Å². The van der Waals surface area contributed by atoms with E-state index in [1.54, 1.807) is 12.3 Å². The van der Waals surface area contributed by atoms with Gasteiger partial charge in [0.05, 0.1) is 16.3 Å². The van der Waals surface area contributed by atoms with Crippen LogP contribution in [0.3, 0.4) is 0 Å². The SMILES string of the molecule is Nc1ncc(/C=C2\SC(=NCc3ccccc3Cl)NC2=O)s1. The number of hydrogen-bond acceptors (Lipinski definition) is 6. The van der Waals surface area contributed by atoms with E-state index in [1.807, 2.05) is 24.3 Å². The highest BCUT2D eigenvalue weighted by molar-refractivity contribution is 8.18. The van der Waals surface area contributed by atoms with Gasteiger partial charge >= 0.3 is 0 Å². The van der Waals surface area contributed by atoms with Gasteiger partial charge in [-0.1, -0.05) is 41.1 Å². The summed E-state index contributed by atoms with van der Waals surface area (Å²) in [5, 5.41) is 4.44. The van der Waals surface area contributed by atoms with Crippen LogP contribution in [0.15, 0.2) is 40.4 Å². The Balaban J connectivity index is 1.73. The van der Waals surface area contributed by atoms with Crippen LogP contribution in [0.4, 0.5) is 5.13 Å². The smallest absolute Gasteiger partial charge is 0.264 e. The third-order valence-corrected chi connectivity index (χ3v) is 4.91. The topological polar surface area (TPSA) is 80.4 Å². The molecule has 1 aliphatic heterocycles. The van der Waals surface area contributed by atoms with Gasteiger partial charge in [0, 0.05) is 11.2 Å². The van der Waals surface area contributed by atoms with Crippen molar-refractivity contribution in [2.24, 2.45) is 4.99 Å². The van der Waals surface area contributed by atoms with Crippen molar-refractivity contribution >= 4 is 57.0 Å². The molecule has 1 aromatic carbocycles. The highest BCUT2D eigenvalue weighted by Gasteiger charge is 2.23. The molecule has 1 aliphatic rings. The van der Waals surface area contributed by atoms with Gasteiger partial charge in [0.15, 0.2) is 10.3 Å². The van der Waals surface area contributed by atoms with Crippen molar-refractivity contribution in [2.75, 3.05) is 5.73 Å². The quantitative estimate of drug-likeness (QED) is 0.833. The predicted molar refractivity (Wildman–Crippen MR) is 92.8 cm³/mol. The Kier molecular flexibility index (Phi) is 4.47. The number of hydrogen-bond donors (Lipinski definition) is 2. The third kappa shape index (κ3) is 3.49. The maximum absolute atomic E-state index is 11.9. The Hall–Kier alpha value is -1.83. The van der Waals surface area contributed by atoms with Gasteiger partial charge < -0.3 is 11.1 Å². The van der Waals surface area contributed by atoms with Crippen molar-refractivity contribution in [1.29, 1.82) is 0 Å². The Labute approximate surface area is 140 Å². The number of amides is 1. The minimum absolute atomic E-state index is 0.171. The van der Waals surface area contributed by atoms with Crippen LogP contribution in [0.1, 0.15) is 10.4 Å². The van der Waals surface area contributed by atoms with E-state index in [2.05, 4.69) is 15.3 Å². The number of nitrogen functional groups attached to an aromatic ring is 1. The third-order valence-electron chi connectivity index (χ3n) is 2.82. The number of nitrogens with one attached hydrogen (secondary N) is 1. The molecule has 1 amide bonds. The summed E-state index contributed by atoms with van der Waals surface area (Å²) in [6.07, 6.45) is 3.39. The maximum Gasteiger partial charge on any atom is 0.264 e. The summed E-state index contributed by atoms with van der Waals surface area (Å²) in [5.74, 6) is -0.171. The molecule has 0 unspecified atom stereocenters. The molecule has 1 aromatic heterocycles. The number of nitrogens with two attached hydrogens (primary N) is 1. The highest BCUT2D eigenvalue weighted by atomic mass is 35.5. The Morgan fingerprint density at radius 2 is 2.23 bits per heavy atom. The average molecular weight is 351 g/mol. The van der Waals surface area contributed by atoms with Crippen LogP contribution in [-0.2, 0) is 11.3 Å². The van der Waals surface area contributed by atoms with Crippen molar-refractivity contribution in [3.8, 4) is 0 Å². The lowest BCUT2D eigenvalue weighted by atomic mass is 10.2. The van der Waals surface area contributed by atoms with Gasteiger partial charge in [0.25, 0.3) is 5.91 Å². The second kappa shape index (κ2) is 6.51. The van der Waals surface area contributed by atoms with Crippen LogP contribution in [-0.4, -0.2) is 16.1 Å². The summed E-state index contributed by atoms with van der Waals surface area (Å²) in [6.45, 7) is 0.420. The maximum atomic E-state index is 11.9. The Morgan fingerprint density at radius 3 is 2.95 bits per heavy atom. The lowest BCUT2D eigenvalue weighted by Gasteiger charge is -2.00. The fourth-order valence-electron chi connectivity index (χ4n) is 1.78. The van der Waals surface area contributed by atoms with Crippen LogP contribution in [0, 0.1) is 0 Å². The van der Waals surface area contributed by atoms with E-state index in [4.69, 9.17) is 17.3 Å². The fourth-order valence-corrected chi connectivity index (χ4v) is 3.49. The van der Waals surface area contributed by atoms with Gasteiger partial charge in [-0.25, -0.2) is 4.98 Å². The Bertz CT molecular complexity index is 785. The summed E-state index contributed by atoms with van der Waals surface area (Å²) in [4.78, 5) is 21.7. The molecule has 0 atom stereocenters. The van der Waals surface area contributed by atoms with Crippen LogP contribution in [0.5, 0.6) is 0 Å². The molecule has 3 rings (SSSR count). The number of thiazole rings is 1. The van der Waals surface area contributed by atoms with Gasteiger partial charge in [-0.15, -0.1) is 0 Å². The molecular weight excluding hydrogens is 340 g/mol. The number of thioether (sulfide) groups is 1. The molecule has 22 heavy (non-hydrogen) atoms. The van der Waals surface area contributed by atoms with Crippen LogP contribution in [0.2, 0.25) is 5.02 Å². The number of carbonyl (C=O) groups is 1. The lowest BCUT2D eigenvalue weighted by molar-refractivity contribution is -0.115. The molecular formula is C14H11ClN4OS2. The Morgan fingerprint density at radius 1 is 1.41 bits per heavy atom. The zero-order valence-electron chi connectivity index (χ0n) is 11.2. The van der Waals surface area contributed by atoms with E-state index in [9.17, 15) is 4.79 Å². The molecule has 1 saturated heterocycles. The second-order valence-electron chi connectivity index (χ2n) is 4.38. The minimum Gasteiger partial charge on any atom is -0.375 e. The fraction of sp³-hybridized carbons (Fsp3) is 0.0714. The van der Waals surface area contributed by atoms with E-state index >= 15 is 0 Å². The number of nitrogens with zero attached hydrogens (tertiary/aromatic N) is 2. The molecule has 1 fully saturated rings. The molecule has 2 aromatic rings. The molecule has 0 aliphatic carbocycles. The number of benzene rings is 1. The van der Waals surface area contributed by atoms with Crippen LogP contribution < -0.4 is 11.1 Å². The summed E-state index contributed by atoms with van der Waals surface area (Å²) in [6, 6.07) is 7.50. The van der Waals surface area contributed by atoms with Crippen molar-refractivity contribution in [2.45, 2.75) is 6.54 Å². The first-order chi connectivity index (χ1) is 10.6. The lowest BCUT2D eigenvalue weighted by Crippen LogP contribution is -2.19. The molecule has 3 N–H and O–H groups in total. The van der Waals surface area contributed by atoms with E-state index in [0.717, 1.165) is 10.4 Å². The molecule has 5 nitrogen and oxygen atoms in total. The molecule has 8 heteroatoms. The second-order valence-corrected chi connectivity index (χ2v) is 6.91. The average Bonchev–Trinajstić information content (AvgIpc) is 3.05. The first-order valence-electron chi connectivity index (χ1n) is 6.32. The van der Waals surface area contributed by atoms with Crippen molar-refractivity contribution in [3.05, 3.63) is 50.8 Å². The summed E-state index contributed by atoms with van der Waals surface area (Å²) in [5.41, 5.74) is 6.49. The number of carbonyl (C=O) groups excluding carboxylic acids is 1. The number of aromatic nitrogens is 1. The first kappa shape index (κ1) is 15.1. The molecule has 0 bridgehead atoms. The van der Waals surface area contributed by atoms with Gasteiger partial charge in [-0.2, -0.15) is 0 Å².